The summed E-state index contributed by atoms with van der Waals surface area (Å²) < 4.78 is 9.93. The number of esters is 2. The highest BCUT2D eigenvalue weighted by molar-refractivity contribution is 5.70. The summed E-state index contributed by atoms with van der Waals surface area (Å²) in [6.07, 6.45) is 1.36. The fourth-order valence-electron chi connectivity index (χ4n) is 1.09. The van der Waals surface area contributed by atoms with Gasteiger partial charge < -0.3 is 20.9 Å². The van der Waals surface area contributed by atoms with Crippen LogP contribution in [0.25, 0.3) is 0 Å². The lowest BCUT2D eigenvalue weighted by Crippen LogP contribution is -2.22. The van der Waals surface area contributed by atoms with Crippen molar-refractivity contribution in [2.45, 2.75) is 38.7 Å². The molecule has 1 atom stereocenters. The van der Waals surface area contributed by atoms with Crippen LogP contribution in [0.5, 0.6) is 0 Å². The van der Waals surface area contributed by atoms with Crippen molar-refractivity contribution in [3.05, 3.63) is 0 Å². The van der Waals surface area contributed by atoms with Crippen molar-refractivity contribution in [1.29, 1.82) is 0 Å². The molecule has 0 saturated heterocycles. The maximum absolute atomic E-state index is 11.2. The molecule has 0 radical (unpaired) electrons. The van der Waals surface area contributed by atoms with Crippen molar-refractivity contribution in [3.63, 3.8) is 0 Å². The monoisotopic (exact) mass is 246 g/mol. The normalized spacial score (nSPS) is 11.9. The number of carbonyl (C=O) groups is 2. The van der Waals surface area contributed by atoms with Crippen molar-refractivity contribution < 1.29 is 19.1 Å². The lowest BCUT2D eigenvalue weighted by atomic mass is 10.3. The van der Waals surface area contributed by atoms with Crippen molar-refractivity contribution in [1.82, 2.24) is 0 Å². The van der Waals surface area contributed by atoms with Gasteiger partial charge in [0.2, 0.25) is 0 Å². The zero-order valence-corrected chi connectivity index (χ0v) is 10.3. The van der Waals surface area contributed by atoms with Crippen LogP contribution in [0.2, 0.25) is 0 Å². The fourth-order valence-corrected chi connectivity index (χ4v) is 1.09. The Morgan fingerprint density at radius 3 is 2.12 bits per heavy atom. The van der Waals surface area contributed by atoms with Gasteiger partial charge in [-0.3, -0.25) is 9.59 Å². The number of rotatable bonds is 9. The fraction of sp³-hybridized carbons (Fsp3) is 0.818. The quantitative estimate of drug-likeness (QED) is 0.552. The van der Waals surface area contributed by atoms with Gasteiger partial charge in [0.1, 0.15) is 12.7 Å². The highest BCUT2D eigenvalue weighted by atomic mass is 16.6. The molecular formula is C11H22N2O4. The minimum atomic E-state index is -0.429. The van der Waals surface area contributed by atoms with E-state index < -0.39 is 6.10 Å². The Balaban J connectivity index is 3.60. The van der Waals surface area contributed by atoms with Gasteiger partial charge in [-0.25, -0.2) is 0 Å². The van der Waals surface area contributed by atoms with E-state index in [-0.39, 0.29) is 18.5 Å². The molecule has 0 rings (SSSR count). The average molecular weight is 246 g/mol. The second-order valence-corrected chi connectivity index (χ2v) is 3.77. The number of hydrogen-bond acceptors (Lipinski definition) is 6. The van der Waals surface area contributed by atoms with Crippen LogP contribution >= 0.6 is 0 Å². The number of carbonyl (C=O) groups excluding carboxylic acids is 2. The van der Waals surface area contributed by atoms with Gasteiger partial charge in [0.15, 0.2) is 0 Å². The molecule has 0 aliphatic heterocycles. The molecule has 0 bridgehead atoms. The summed E-state index contributed by atoms with van der Waals surface area (Å²) in [4.78, 5) is 22.3. The van der Waals surface area contributed by atoms with Gasteiger partial charge in [0, 0.05) is 12.8 Å². The van der Waals surface area contributed by atoms with E-state index in [1.807, 2.05) is 0 Å². The number of hydrogen-bond donors (Lipinski definition) is 2. The third-order valence-corrected chi connectivity index (χ3v) is 1.98. The summed E-state index contributed by atoms with van der Waals surface area (Å²) in [5.74, 6) is -0.638. The van der Waals surface area contributed by atoms with Gasteiger partial charge in [-0.15, -0.1) is 0 Å². The van der Waals surface area contributed by atoms with E-state index >= 15 is 0 Å². The molecule has 0 aliphatic carbocycles. The Labute approximate surface area is 102 Å². The number of nitrogens with two attached hydrogens (primary N) is 2. The molecule has 0 amide bonds. The highest BCUT2D eigenvalue weighted by Crippen LogP contribution is 1.99. The predicted molar refractivity (Wildman–Crippen MR) is 63.1 cm³/mol. The summed E-state index contributed by atoms with van der Waals surface area (Å²) >= 11 is 0. The molecule has 6 heteroatoms. The molecule has 0 aliphatic rings. The zero-order valence-electron chi connectivity index (χ0n) is 10.3. The molecular weight excluding hydrogens is 224 g/mol. The van der Waals surface area contributed by atoms with E-state index in [2.05, 4.69) is 0 Å². The van der Waals surface area contributed by atoms with E-state index in [1.54, 1.807) is 6.92 Å². The molecule has 0 aromatic heterocycles. The van der Waals surface area contributed by atoms with E-state index in [1.165, 1.54) is 0 Å². The molecule has 0 aromatic rings. The lowest BCUT2D eigenvalue weighted by molar-refractivity contribution is -0.158. The van der Waals surface area contributed by atoms with E-state index in [4.69, 9.17) is 20.9 Å². The van der Waals surface area contributed by atoms with Crippen LogP contribution in [-0.4, -0.2) is 37.7 Å². The van der Waals surface area contributed by atoms with Crippen LogP contribution in [0.1, 0.15) is 32.6 Å². The maximum atomic E-state index is 11.2. The topological polar surface area (TPSA) is 105 Å². The second-order valence-electron chi connectivity index (χ2n) is 3.77. The lowest BCUT2D eigenvalue weighted by Gasteiger charge is -2.13. The van der Waals surface area contributed by atoms with Crippen LogP contribution in [0.3, 0.4) is 0 Å². The van der Waals surface area contributed by atoms with Crippen LogP contribution in [-0.2, 0) is 19.1 Å². The summed E-state index contributed by atoms with van der Waals surface area (Å²) in [6.45, 7) is 2.67. The van der Waals surface area contributed by atoms with E-state index in [0.29, 0.717) is 38.8 Å². The van der Waals surface area contributed by atoms with Crippen molar-refractivity contribution >= 4 is 11.9 Å². The third-order valence-electron chi connectivity index (χ3n) is 1.98. The first-order valence-electron chi connectivity index (χ1n) is 5.85. The average Bonchev–Trinajstić information content (AvgIpc) is 2.31. The summed E-state index contributed by atoms with van der Waals surface area (Å²) in [6, 6.07) is 0. The first-order valence-corrected chi connectivity index (χ1v) is 5.85. The van der Waals surface area contributed by atoms with Gasteiger partial charge in [-0.05, 0) is 32.9 Å². The smallest absolute Gasteiger partial charge is 0.306 e. The SMILES string of the molecule is CC(COC(=O)CCCN)OC(=O)CCCN. The summed E-state index contributed by atoms with van der Waals surface area (Å²) in [5.41, 5.74) is 10.5. The van der Waals surface area contributed by atoms with Gasteiger partial charge in [0.25, 0.3) is 0 Å². The van der Waals surface area contributed by atoms with Crippen LogP contribution in [0, 0.1) is 0 Å². The van der Waals surface area contributed by atoms with Gasteiger partial charge in [-0.2, -0.15) is 0 Å². The Morgan fingerprint density at radius 2 is 1.59 bits per heavy atom. The molecule has 6 nitrogen and oxygen atoms in total. The van der Waals surface area contributed by atoms with E-state index in [9.17, 15) is 9.59 Å². The Kier molecular flexibility index (Phi) is 9.37. The van der Waals surface area contributed by atoms with Crippen molar-refractivity contribution in [3.8, 4) is 0 Å². The largest absolute Gasteiger partial charge is 0.462 e. The van der Waals surface area contributed by atoms with Gasteiger partial charge in [0.05, 0.1) is 0 Å². The van der Waals surface area contributed by atoms with Crippen LogP contribution in [0.15, 0.2) is 0 Å². The minimum absolute atomic E-state index is 0.0811. The molecule has 4 N–H and O–H groups in total. The second kappa shape index (κ2) is 10.0. The Morgan fingerprint density at radius 1 is 1.06 bits per heavy atom. The molecule has 100 valence electrons. The highest BCUT2D eigenvalue weighted by Gasteiger charge is 2.11. The Bertz CT molecular complexity index is 234. The first kappa shape index (κ1) is 15.9. The molecule has 0 heterocycles. The standard InChI is InChI=1S/C11H22N2O4/c1-9(17-11(15)5-3-7-13)8-16-10(14)4-2-6-12/h9H,2-8,12-13H2,1H3. The predicted octanol–water partition coefficient (Wildman–Crippen LogP) is -0.0609. The van der Waals surface area contributed by atoms with E-state index in [0.717, 1.165) is 0 Å². The zero-order chi connectivity index (χ0) is 13.1. The molecule has 17 heavy (non-hydrogen) atoms. The number of ether oxygens (including phenoxy) is 2. The summed E-state index contributed by atoms with van der Waals surface area (Å²) in [7, 11) is 0. The molecule has 1 unspecified atom stereocenters. The van der Waals surface area contributed by atoms with Crippen molar-refractivity contribution in [2.24, 2.45) is 11.5 Å². The molecule has 0 spiro atoms. The van der Waals surface area contributed by atoms with Gasteiger partial charge in [-0.1, -0.05) is 0 Å². The molecule has 0 fully saturated rings. The van der Waals surface area contributed by atoms with Crippen molar-refractivity contribution in [2.75, 3.05) is 19.7 Å². The summed E-state index contributed by atoms with van der Waals surface area (Å²) in [5, 5.41) is 0. The first-order chi connectivity index (χ1) is 8.10. The van der Waals surface area contributed by atoms with Crippen LogP contribution in [0.4, 0.5) is 0 Å². The third kappa shape index (κ3) is 9.77. The Hall–Kier alpha value is -1.14. The molecule has 0 saturated carbocycles. The van der Waals surface area contributed by atoms with Crippen LogP contribution < -0.4 is 11.5 Å². The van der Waals surface area contributed by atoms with Gasteiger partial charge >= 0.3 is 11.9 Å². The minimum Gasteiger partial charge on any atom is -0.462 e. The molecule has 0 aromatic carbocycles. The maximum Gasteiger partial charge on any atom is 0.306 e.